The van der Waals surface area contributed by atoms with E-state index in [9.17, 15) is 10.2 Å². The van der Waals surface area contributed by atoms with E-state index in [1.807, 2.05) is 83.1 Å². The molecule has 212 valence electrons. The molecule has 0 atom stereocenters. The summed E-state index contributed by atoms with van der Waals surface area (Å²) in [5.74, 6) is 0.371. The van der Waals surface area contributed by atoms with Crippen LogP contribution in [0.15, 0.2) is 57.6 Å². The van der Waals surface area contributed by atoms with Crippen molar-refractivity contribution in [3.63, 3.8) is 0 Å². The van der Waals surface area contributed by atoms with Gasteiger partial charge in [0, 0.05) is 17.6 Å². The topological polar surface area (TPSA) is 40.5 Å². The van der Waals surface area contributed by atoms with Crippen molar-refractivity contribution in [2.45, 2.75) is 156 Å². The van der Waals surface area contributed by atoms with Gasteiger partial charge in [-0.2, -0.15) is 0 Å². The Morgan fingerprint density at radius 1 is 0.629 bits per heavy atom. The van der Waals surface area contributed by atoms with Crippen LogP contribution in [0.3, 0.4) is 0 Å². The van der Waals surface area contributed by atoms with Crippen LogP contribution in [-0.2, 0) is 0 Å². The van der Waals surface area contributed by atoms with Gasteiger partial charge in [0.1, 0.15) is 11.5 Å². The largest absolute Gasteiger partial charge is 0.512 e. The summed E-state index contributed by atoms with van der Waals surface area (Å²) in [6, 6.07) is 0. The zero-order valence-electron chi connectivity index (χ0n) is 27.4. The molecule has 0 fully saturated rings. The Kier molecular flexibility index (Phi) is 49.1. The number of allylic oxidation sites excluding steroid dienone is 7. The molecule has 0 radical (unpaired) electrons. The maximum Gasteiger partial charge on any atom is 0.116 e. The fourth-order valence-electron chi connectivity index (χ4n) is 3.07. The molecular weight excluding hydrogens is 428 g/mol. The summed E-state index contributed by atoms with van der Waals surface area (Å²) in [5.41, 5.74) is 6.11. The van der Waals surface area contributed by atoms with Gasteiger partial charge in [0.15, 0.2) is 0 Å². The lowest BCUT2D eigenvalue weighted by atomic mass is 9.83. The number of aliphatic hydroxyl groups is 2. The predicted octanol–water partition coefficient (Wildman–Crippen LogP) is 13.0. The van der Waals surface area contributed by atoms with Crippen molar-refractivity contribution in [1.29, 1.82) is 0 Å². The standard InChI is InChI=1S/C23H38O2.5C2H6/c1-9-14-19(16(6)11-3)22(18(8)24)23(21(25)13-5)20(15-10-2)17(7)12-4;5*1-2/h11,24-25H,8-10,12-15H2,1-7H3;5*1-2H3/b16-11-,20-17+,22-19+,23-21-;;;;;. The molecule has 0 aromatic rings. The van der Waals surface area contributed by atoms with Gasteiger partial charge in [0.05, 0.1) is 0 Å². The van der Waals surface area contributed by atoms with Crippen molar-refractivity contribution in [2.75, 3.05) is 0 Å². The molecule has 0 rings (SSSR count). The predicted molar refractivity (Wildman–Crippen MR) is 168 cm³/mol. The third kappa shape index (κ3) is 20.2. The zero-order chi connectivity index (χ0) is 29.6. The van der Waals surface area contributed by atoms with Crippen LogP contribution in [-0.4, -0.2) is 10.2 Å². The molecule has 2 nitrogen and oxygen atoms in total. The molecule has 0 aliphatic carbocycles. The van der Waals surface area contributed by atoms with Gasteiger partial charge in [-0.15, -0.1) is 0 Å². The summed E-state index contributed by atoms with van der Waals surface area (Å²) in [6.45, 7) is 38.4. The summed E-state index contributed by atoms with van der Waals surface area (Å²) < 4.78 is 0. The SMILES string of the molecule is C=C(O)C(=C(CCC)\C(C)=C/C)/C(=C(\O)CC)C(/CCC)=C(\C)CC.CC.CC.CC.CC.CC. The third-order valence-corrected chi connectivity index (χ3v) is 4.72. The Bertz CT molecular complexity index is 584. The first-order valence-corrected chi connectivity index (χ1v) is 14.7. The van der Waals surface area contributed by atoms with Gasteiger partial charge in [0.25, 0.3) is 0 Å². The van der Waals surface area contributed by atoms with E-state index in [0.29, 0.717) is 17.8 Å². The highest BCUT2D eigenvalue weighted by molar-refractivity contribution is 5.60. The van der Waals surface area contributed by atoms with Crippen LogP contribution >= 0.6 is 0 Å². The van der Waals surface area contributed by atoms with Gasteiger partial charge in [-0.1, -0.05) is 134 Å². The van der Waals surface area contributed by atoms with Gasteiger partial charge >= 0.3 is 0 Å². The highest BCUT2D eigenvalue weighted by Gasteiger charge is 2.23. The Morgan fingerprint density at radius 3 is 1.26 bits per heavy atom. The van der Waals surface area contributed by atoms with E-state index >= 15 is 0 Å². The van der Waals surface area contributed by atoms with Crippen LogP contribution in [0.5, 0.6) is 0 Å². The second-order valence-corrected chi connectivity index (χ2v) is 6.56. The molecule has 0 saturated heterocycles. The number of rotatable bonds is 10. The molecule has 0 bridgehead atoms. The Labute approximate surface area is 224 Å². The zero-order valence-corrected chi connectivity index (χ0v) is 27.4. The van der Waals surface area contributed by atoms with E-state index in [2.05, 4.69) is 47.3 Å². The smallest absolute Gasteiger partial charge is 0.116 e. The van der Waals surface area contributed by atoms with Crippen molar-refractivity contribution in [3.8, 4) is 0 Å². The van der Waals surface area contributed by atoms with Crippen LogP contribution in [0, 0.1) is 0 Å². The average molecular weight is 497 g/mol. The van der Waals surface area contributed by atoms with Gasteiger partial charge < -0.3 is 10.2 Å². The summed E-state index contributed by atoms with van der Waals surface area (Å²) in [7, 11) is 0. The van der Waals surface area contributed by atoms with Crippen LogP contribution in [0.4, 0.5) is 0 Å². The number of aliphatic hydroxyl groups excluding tert-OH is 2. The molecule has 0 aromatic heterocycles. The van der Waals surface area contributed by atoms with E-state index in [1.54, 1.807) is 0 Å². The van der Waals surface area contributed by atoms with Gasteiger partial charge in [0.2, 0.25) is 0 Å². The lowest BCUT2D eigenvalue weighted by Crippen LogP contribution is -2.08. The molecule has 0 saturated carbocycles. The Morgan fingerprint density at radius 2 is 1.00 bits per heavy atom. The summed E-state index contributed by atoms with van der Waals surface area (Å²) in [6.07, 6.45) is 7.20. The lowest BCUT2D eigenvalue weighted by Gasteiger charge is -2.23. The van der Waals surface area contributed by atoms with E-state index in [0.717, 1.165) is 54.4 Å². The third-order valence-electron chi connectivity index (χ3n) is 4.72. The summed E-state index contributed by atoms with van der Waals surface area (Å²) in [4.78, 5) is 0. The molecular formula is C33H68O2. The molecule has 0 aliphatic heterocycles. The van der Waals surface area contributed by atoms with E-state index in [-0.39, 0.29) is 5.76 Å². The number of hydrogen-bond donors (Lipinski definition) is 2. The summed E-state index contributed by atoms with van der Waals surface area (Å²) >= 11 is 0. The van der Waals surface area contributed by atoms with E-state index < -0.39 is 0 Å². The minimum absolute atomic E-state index is 0.0390. The van der Waals surface area contributed by atoms with Gasteiger partial charge in [-0.25, -0.2) is 0 Å². The molecule has 0 amide bonds. The molecule has 2 N–H and O–H groups in total. The molecule has 0 aliphatic rings. The normalized spacial score (nSPS) is 11.9. The molecule has 35 heavy (non-hydrogen) atoms. The van der Waals surface area contributed by atoms with E-state index in [4.69, 9.17) is 0 Å². The Balaban J connectivity index is -0.000000185. The van der Waals surface area contributed by atoms with E-state index in [1.165, 1.54) is 5.57 Å². The fourth-order valence-corrected chi connectivity index (χ4v) is 3.07. The van der Waals surface area contributed by atoms with Crippen molar-refractivity contribution in [2.24, 2.45) is 0 Å². The molecule has 0 spiro atoms. The molecule has 2 heteroatoms. The first-order valence-electron chi connectivity index (χ1n) is 14.7. The minimum Gasteiger partial charge on any atom is -0.512 e. The number of hydrogen-bond acceptors (Lipinski definition) is 2. The van der Waals surface area contributed by atoms with Crippen LogP contribution in [0.1, 0.15) is 156 Å². The monoisotopic (exact) mass is 497 g/mol. The van der Waals surface area contributed by atoms with Crippen molar-refractivity contribution in [1.82, 2.24) is 0 Å². The second kappa shape index (κ2) is 36.9. The minimum atomic E-state index is 0.0390. The van der Waals surface area contributed by atoms with Crippen molar-refractivity contribution < 1.29 is 10.2 Å². The fraction of sp³-hybridized carbons (Fsp3) is 0.697. The lowest BCUT2D eigenvalue weighted by molar-refractivity contribution is 0.384. The van der Waals surface area contributed by atoms with Gasteiger partial charge in [-0.05, 0) is 51.2 Å². The second-order valence-electron chi connectivity index (χ2n) is 6.56. The van der Waals surface area contributed by atoms with Crippen LogP contribution in [0.25, 0.3) is 0 Å². The highest BCUT2D eigenvalue weighted by Crippen LogP contribution is 2.38. The highest BCUT2D eigenvalue weighted by atomic mass is 16.3. The summed E-state index contributed by atoms with van der Waals surface area (Å²) in [5, 5.41) is 21.3. The first kappa shape index (κ1) is 46.6. The molecule has 0 unspecified atom stereocenters. The average Bonchev–Trinajstić information content (AvgIpc) is 2.93. The van der Waals surface area contributed by atoms with Crippen LogP contribution in [0.2, 0.25) is 0 Å². The van der Waals surface area contributed by atoms with Crippen molar-refractivity contribution >= 4 is 0 Å². The maximum absolute atomic E-state index is 10.8. The van der Waals surface area contributed by atoms with Crippen molar-refractivity contribution in [3.05, 3.63) is 57.6 Å². The van der Waals surface area contributed by atoms with Crippen LogP contribution < -0.4 is 0 Å². The van der Waals surface area contributed by atoms with Gasteiger partial charge in [-0.3, -0.25) is 0 Å². The Hall–Kier alpha value is -1.70. The molecule has 0 aromatic carbocycles. The molecule has 0 heterocycles. The quantitative estimate of drug-likeness (QED) is 0.233. The maximum atomic E-state index is 10.8. The first-order chi connectivity index (χ1) is 16.8.